The molecule has 0 aliphatic heterocycles. The molecule has 11 heavy (non-hydrogen) atoms. The van der Waals surface area contributed by atoms with E-state index in [0.717, 1.165) is 10.9 Å². The van der Waals surface area contributed by atoms with Crippen molar-refractivity contribution in [2.75, 3.05) is 0 Å². The van der Waals surface area contributed by atoms with Gasteiger partial charge in [0.05, 0.1) is 0 Å². The lowest BCUT2D eigenvalue weighted by Gasteiger charge is -1.95. The zero-order valence-electron chi connectivity index (χ0n) is 7.19. The second-order valence-corrected chi connectivity index (χ2v) is 3.68. The van der Waals surface area contributed by atoms with Gasteiger partial charge in [0.1, 0.15) is 5.78 Å². The van der Waals surface area contributed by atoms with Crippen LogP contribution in [0.25, 0.3) is 0 Å². The lowest BCUT2D eigenvalue weighted by atomic mass is 10.2. The molecule has 0 aromatic carbocycles. The van der Waals surface area contributed by atoms with Gasteiger partial charge in [0.2, 0.25) is 0 Å². The molecule has 0 bridgehead atoms. The van der Waals surface area contributed by atoms with Crippen LogP contribution in [0, 0.1) is 0 Å². The lowest BCUT2D eigenvalue weighted by molar-refractivity contribution is -0.116. The zero-order chi connectivity index (χ0) is 8.69. The van der Waals surface area contributed by atoms with Crippen molar-refractivity contribution in [3.05, 3.63) is 10.6 Å². The quantitative estimate of drug-likeness (QED) is 0.692. The highest BCUT2D eigenvalue weighted by molar-refractivity contribution is 9.11. The van der Waals surface area contributed by atoms with E-state index in [9.17, 15) is 4.79 Å². The Labute approximate surface area is 77.0 Å². The molecule has 1 nitrogen and oxygen atoms in total. The van der Waals surface area contributed by atoms with Crippen LogP contribution in [0.15, 0.2) is 10.6 Å². The van der Waals surface area contributed by atoms with E-state index in [1.54, 1.807) is 6.92 Å². The number of rotatable bonds is 5. The Morgan fingerprint density at radius 2 is 2.18 bits per heavy atom. The summed E-state index contributed by atoms with van der Waals surface area (Å²) >= 11 is 3.42. The summed E-state index contributed by atoms with van der Waals surface area (Å²) in [5, 5.41) is 0. The fourth-order valence-corrected chi connectivity index (χ4v) is 1.14. The first-order chi connectivity index (χ1) is 5.16. The monoisotopic (exact) mass is 218 g/mol. The van der Waals surface area contributed by atoms with E-state index in [1.165, 1.54) is 12.8 Å². The van der Waals surface area contributed by atoms with Gasteiger partial charge in [0, 0.05) is 6.42 Å². The van der Waals surface area contributed by atoms with Crippen molar-refractivity contribution >= 4 is 21.7 Å². The van der Waals surface area contributed by atoms with E-state index >= 15 is 0 Å². The minimum absolute atomic E-state index is 0.221. The third-order valence-corrected chi connectivity index (χ3v) is 2.10. The van der Waals surface area contributed by atoms with Crippen LogP contribution in [0.4, 0.5) is 0 Å². The summed E-state index contributed by atoms with van der Waals surface area (Å²) in [5.41, 5.74) is 0. The highest BCUT2D eigenvalue weighted by Crippen LogP contribution is 2.14. The number of carbonyl (C=O) groups is 1. The Kier molecular flexibility index (Phi) is 6.52. The molecule has 0 aliphatic carbocycles. The molecule has 0 aromatic rings. The van der Waals surface area contributed by atoms with Gasteiger partial charge in [-0.1, -0.05) is 35.4 Å². The van der Waals surface area contributed by atoms with Crippen LogP contribution in [0.3, 0.4) is 0 Å². The molecule has 0 heterocycles. The van der Waals surface area contributed by atoms with Crippen molar-refractivity contribution in [1.29, 1.82) is 0 Å². The third-order valence-electron chi connectivity index (χ3n) is 1.38. The van der Waals surface area contributed by atoms with Crippen LogP contribution in [-0.4, -0.2) is 5.78 Å². The molecule has 0 radical (unpaired) electrons. The number of Topliss-reactive ketones (excluding diaryl/α,β-unsaturated/α-hetero) is 1. The first kappa shape index (κ1) is 10.9. The lowest BCUT2D eigenvalue weighted by Crippen LogP contribution is -1.85. The van der Waals surface area contributed by atoms with Gasteiger partial charge in [-0.15, -0.1) is 0 Å². The number of hydrogen-bond donors (Lipinski definition) is 0. The highest BCUT2D eigenvalue weighted by atomic mass is 79.9. The van der Waals surface area contributed by atoms with Crippen molar-refractivity contribution < 1.29 is 4.79 Å². The molecule has 2 heteroatoms. The van der Waals surface area contributed by atoms with E-state index in [2.05, 4.69) is 22.9 Å². The third kappa shape index (κ3) is 7.79. The Hall–Kier alpha value is -0.110. The van der Waals surface area contributed by atoms with Gasteiger partial charge in [-0.25, -0.2) is 0 Å². The normalized spacial score (nSPS) is 11.7. The maximum Gasteiger partial charge on any atom is 0.133 e. The van der Waals surface area contributed by atoms with Gasteiger partial charge in [-0.3, -0.25) is 4.79 Å². The topological polar surface area (TPSA) is 17.1 Å². The molecular formula is C9H15BrO. The second kappa shape index (κ2) is 6.59. The van der Waals surface area contributed by atoms with Crippen molar-refractivity contribution in [1.82, 2.24) is 0 Å². The highest BCUT2D eigenvalue weighted by Gasteiger charge is 1.92. The molecular weight excluding hydrogens is 204 g/mol. The number of ketones is 1. The molecule has 0 unspecified atom stereocenters. The fourth-order valence-electron chi connectivity index (χ4n) is 0.702. The van der Waals surface area contributed by atoms with Gasteiger partial charge in [-0.2, -0.15) is 0 Å². The van der Waals surface area contributed by atoms with Crippen LogP contribution < -0.4 is 0 Å². The van der Waals surface area contributed by atoms with E-state index in [4.69, 9.17) is 0 Å². The second-order valence-electron chi connectivity index (χ2n) is 2.66. The first-order valence-electron chi connectivity index (χ1n) is 4.00. The Morgan fingerprint density at radius 1 is 1.55 bits per heavy atom. The Morgan fingerprint density at radius 3 is 2.64 bits per heavy atom. The van der Waals surface area contributed by atoms with Crippen molar-refractivity contribution in [3.8, 4) is 0 Å². The molecule has 0 rings (SSSR count). The molecule has 0 atom stereocenters. The smallest absolute Gasteiger partial charge is 0.133 e. The van der Waals surface area contributed by atoms with Gasteiger partial charge in [-0.05, 0) is 24.2 Å². The van der Waals surface area contributed by atoms with Gasteiger partial charge < -0.3 is 0 Å². The molecule has 0 saturated heterocycles. The molecule has 0 spiro atoms. The van der Waals surface area contributed by atoms with Crippen LogP contribution in [0.2, 0.25) is 0 Å². The maximum atomic E-state index is 10.6. The Balaban J connectivity index is 3.54. The van der Waals surface area contributed by atoms with Crippen LogP contribution in [0.1, 0.15) is 39.5 Å². The summed E-state index contributed by atoms with van der Waals surface area (Å²) in [5.74, 6) is 0.221. The van der Waals surface area contributed by atoms with E-state index in [0.29, 0.717) is 6.42 Å². The van der Waals surface area contributed by atoms with E-state index in [-0.39, 0.29) is 5.78 Å². The molecule has 0 saturated carbocycles. The van der Waals surface area contributed by atoms with Gasteiger partial charge in [0.15, 0.2) is 0 Å². The van der Waals surface area contributed by atoms with E-state index < -0.39 is 0 Å². The predicted molar refractivity (Wildman–Crippen MR) is 51.8 cm³/mol. The molecule has 0 N–H and O–H groups in total. The summed E-state index contributed by atoms with van der Waals surface area (Å²) in [6.45, 7) is 3.77. The number of hydrogen-bond acceptors (Lipinski definition) is 1. The molecule has 0 aromatic heterocycles. The van der Waals surface area contributed by atoms with Crippen LogP contribution >= 0.6 is 15.9 Å². The number of unbranched alkanes of at least 4 members (excludes halogenated alkanes) is 1. The van der Waals surface area contributed by atoms with Gasteiger partial charge >= 0.3 is 0 Å². The molecule has 0 fully saturated rings. The summed E-state index contributed by atoms with van der Waals surface area (Å²) in [6.07, 6.45) is 5.96. The predicted octanol–water partition coefficient (Wildman–Crippen LogP) is 3.43. The largest absolute Gasteiger partial charge is 0.300 e. The average molecular weight is 219 g/mol. The summed E-state index contributed by atoms with van der Waals surface area (Å²) in [6, 6.07) is 0. The average Bonchev–Trinajstić information content (AvgIpc) is 1.97. The molecule has 64 valence electrons. The Bertz CT molecular complexity index is 150. The number of carbonyl (C=O) groups excluding carboxylic acids is 1. The van der Waals surface area contributed by atoms with Crippen molar-refractivity contribution in [2.45, 2.75) is 39.5 Å². The summed E-state index contributed by atoms with van der Waals surface area (Å²) < 4.78 is 1.16. The van der Waals surface area contributed by atoms with Crippen molar-refractivity contribution in [3.63, 3.8) is 0 Å². The van der Waals surface area contributed by atoms with Crippen molar-refractivity contribution in [2.24, 2.45) is 0 Å². The minimum atomic E-state index is 0.221. The first-order valence-corrected chi connectivity index (χ1v) is 4.80. The maximum absolute atomic E-state index is 10.6. The van der Waals surface area contributed by atoms with E-state index in [1.807, 2.05) is 6.08 Å². The summed E-state index contributed by atoms with van der Waals surface area (Å²) in [4.78, 5) is 10.6. The zero-order valence-corrected chi connectivity index (χ0v) is 8.78. The molecule has 0 aliphatic rings. The SMILES string of the molecule is CCCC/C(Br)=C/CC(C)=O. The number of allylic oxidation sites excluding steroid dienone is 2. The van der Waals surface area contributed by atoms with Crippen LogP contribution in [0.5, 0.6) is 0 Å². The number of halogens is 1. The van der Waals surface area contributed by atoms with Crippen LogP contribution in [-0.2, 0) is 4.79 Å². The minimum Gasteiger partial charge on any atom is -0.300 e. The molecule has 0 amide bonds. The fraction of sp³-hybridized carbons (Fsp3) is 0.667. The standard InChI is InChI=1S/C9H15BrO/c1-3-4-5-9(10)7-6-8(2)11/h7H,3-6H2,1-2H3/b9-7-. The summed E-state index contributed by atoms with van der Waals surface area (Å²) in [7, 11) is 0. The van der Waals surface area contributed by atoms with Gasteiger partial charge in [0.25, 0.3) is 0 Å².